The van der Waals surface area contributed by atoms with E-state index < -0.39 is 10.8 Å². The largest absolute Gasteiger partial charge is 0.371 e. The number of pyridine rings is 1. The van der Waals surface area contributed by atoms with Gasteiger partial charge in [0.1, 0.15) is 5.69 Å². The van der Waals surface area contributed by atoms with E-state index in [2.05, 4.69) is 20.4 Å². The Morgan fingerprint density at radius 3 is 2.73 bits per heavy atom. The van der Waals surface area contributed by atoms with Gasteiger partial charge in [0.15, 0.2) is 0 Å². The summed E-state index contributed by atoms with van der Waals surface area (Å²) in [6, 6.07) is 9.71. The monoisotopic (exact) mass is 353 g/mol. The minimum Gasteiger partial charge on any atom is -0.371 e. The van der Waals surface area contributed by atoms with Crippen LogP contribution in [0.2, 0.25) is 0 Å². The number of piperidine rings is 1. The van der Waals surface area contributed by atoms with E-state index in [9.17, 15) is 14.9 Å². The van der Waals surface area contributed by atoms with Gasteiger partial charge in [0.25, 0.3) is 11.6 Å². The maximum absolute atomic E-state index is 12.0. The molecule has 0 bridgehead atoms. The first-order valence-corrected chi connectivity index (χ1v) is 8.43. The first kappa shape index (κ1) is 17.5. The lowest BCUT2D eigenvalue weighted by Crippen LogP contribution is -2.30. The molecule has 1 amide bonds. The third-order valence-electron chi connectivity index (χ3n) is 4.19. The van der Waals surface area contributed by atoms with Gasteiger partial charge in [0, 0.05) is 42.7 Å². The number of carbonyl (C=O) groups is 1. The summed E-state index contributed by atoms with van der Waals surface area (Å²) in [7, 11) is 0. The molecule has 0 saturated carbocycles. The minimum atomic E-state index is -0.441. The number of nitro benzene ring substituents is 1. The average Bonchev–Trinajstić information content (AvgIpc) is 2.69. The Kier molecular flexibility index (Phi) is 5.52. The first-order chi connectivity index (χ1) is 12.6. The van der Waals surface area contributed by atoms with Gasteiger partial charge < -0.3 is 4.90 Å². The van der Waals surface area contributed by atoms with Gasteiger partial charge in [-0.25, -0.2) is 5.43 Å². The van der Waals surface area contributed by atoms with Crippen molar-refractivity contribution in [1.29, 1.82) is 0 Å². The van der Waals surface area contributed by atoms with Crippen molar-refractivity contribution in [2.75, 3.05) is 18.0 Å². The van der Waals surface area contributed by atoms with Crippen LogP contribution in [0.4, 0.5) is 11.4 Å². The molecule has 1 aromatic carbocycles. The molecule has 2 heterocycles. The van der Waals surface area contributed by atoms with E-state index >= 15 is 0 Å². The fourth-order valence-electron chi connectivity index (χ4n) is 2.90. The van der Waals surface area contributed by atoms with E-state index in [4.69, 9.17) is 0 Å². The third-order valence-corrected chi connectivity index (χ3v) is 4.19. The van der Waals surface area contributed by atoms with E-state index in [1.54, 1.807) is 24.3 Å². The lowest BCUT2D eigenvalue weighted by molar-refractivity contribution is -0.384. The summed E-state index contributed by atoms with van der Waals surface area (Å²) in [6.07, 6.45) is 6.33. The standard InChI is InChI=1S/C18H19N5O3/c24-18(16-6-2-3-9-19-16)21-20-13-14-12-15(23(25)26)7-8-17(14)22-10-4-1-5-11-22/h2-3,6-9,12-13H,1,4-5,10-11H2,(H,21,24). The molecule has 1 aliphatic heterocycles. The van der Waals surface area contributed by atoms with Crippen LogP contribution in [-0.2, 0) is 0 Å². The lowest BCUT2D eigenvalue weighted by Gasteiger charge is -2.29. The first-order valence-electron chi connectivity index (χ1n) is 8.43. The van der Waals surface area contributed by atoms with Crippen LogP contribution in [-0.4, -0.2) is 35.1 Å². The Labute approximate surface area is 150 Å². The number of nitrogens with zero attached hydrogens (tertiary/aromatic N) is 4. The van der Waals surface area contributed by atoms with Crippen LogP contribution in [0.15, 0.2) is 47.7 Å². The number of hydrogen-bond acceptors (Lipinski definition) is 6. The molecule has 1 fully saturated rings. The highest BCUT2D eigenvalue weighted by Gasteiger charge is 2.17. The Balaban J connectivity index is 1.80. The third kappa shape index (κ3) is 4.21. The zero-order chi connectivity index (χ0) is 18.4. The van der Waals surface area contributed by atoms with Gasteiger partial charge in [-0.1, -0.05) is 6.07 Å². The molecule has 0 unspecified atom stereocenters. The summed E-state index contributed by atoms with van der Waals surface area (Å²) in [5.41, 5.74) is 4.13. The molecule has 0 aliphatic carbocycles. The molecule has 8 heteroatoms. The summed E-state index contributed by atoms with van der Waals surface area (Å²) < 4.78 is 0. The van der Waals surface area contributed by atoms with Crippen LogP contribution < -0.4 is 10.3 Å². The predicted octanol–water partition coefficient (Wildman–Crippen LogP) is 2.74. The molecule has 1 aliphatic rings. The average molecular weight is 353 g/mol. The number of amides is 1. The highest BCUT2D eigenvalue weighted by Crippen LogP contribution is 2.26. The summed E-state index contributed by atoms with van der Waals surface area (Å²) in [5.74, 6) is -0.438. The molecule has 0 radical (unpaired) electrons. The van der Waals surface area contributed by atoms with Crippen LogP contribution in [0.3, 0.4) is 0 Å². The number of nitro groups is 1. The van der Waals surface area contributed by atoms with Gasteiger partial charge in [0.05, 0.1) is 11.1 Å². The number of nitrogens with one attached hydrogen (secondary N) is 1. The van der Waals surface area contributed by atoms with Crippen molar-refractivity contribution in [2.24, 2.45) is 5.10 Å². The van der Waals surface area contributed by atoms with Crippen LogP contribution in [0.5, 0.6) is 0 Å². The van der Waals surface area contributed by atoms with E-state index in [1.165, 1.54) is 31.0 Å². The van der Waals surface area contributed by atoms with Crippen molar-refractivity contribution < 1.29 is 9.72 Å². The Morgan fingerprint density at radius 2 is 2.04 bits per heavy atom. The zero-order valence-electron chi connectivity index (χ0n) is 14.2. The Bertz CT molecular complexity index is 817. The Hall–Kier alpha value is -3.29. The molecule has 1 N–H and O–H groups in total. The van der Waals surface area contributed by atoms with Crippen molar-refractivity contribution in [1.82, 2.24) is 10.4 Å². The number of anilines is 1. The molecule has 1 saturated heterocycles. The number of benzene rings is 1. The number of non-ortho nitro benzene ring substituents is 1. The molecule has 26 heavy (non-hydrogen) atoms. The summed E-state index contributed by atoms with van der Waals surface area (Å²) in [6.45, 7) is 1.80. The van der Waals surface area contributed by atoms with Gasteiger partial charge in [-0.3, -0.25) is 19.9 Å². The van der Waals surface area contributed by atoms with E-state index in [1.807, 2.05) is 0 Å². The number of carbonyl (C=O) groups excluding carboxylic acids is 1. The van der Waals surface area contributed by atoms with Crippen LogP contribution >= 0.6 is 0 Å². The summed E-state index contributed by atoms with van der Waals surface area (Å²) in [4.78, 5) is 28.8. The second-order valence-corrected chi connectivity index (χ2v) is 5.96. The zero-order valence-corrected chi connectivity index (χ0v) is 14.2. The van der Waals surface area contributed by atoms with Gasteiger partial charge in [-0.2, -0.15) is 5.10 Å². The van der Waals surface area contributed by atoms with Crippen molar-refractivity contribution in [3.05, 3.63) is 64.0 Å². The lowest BCUT2D eigenvalue weighted by atomic mass is 10.1. The van der Waals surface area contributed by atoms with Crippen LogP contribution in [0.25, 0.3) is 0 Å². The summed E-state index contributed by atoms with van der Waals surface area (Å²) >= 11 is 0. The number of hydrogen-bond donors (Lipinski definition) is 1. The fraction of sp³-hybridized carbons (Fsp3) is 0.278. The van der Waals surface area contributed by atoms with Gasteiger partial charge >= 0.3 is 0 Å². The molecule has 0 atom stereocenters. The fourth-order valence-corrected chi connectivity index (χ4v) is 2.90. The molecular formula is C18H19N5O3. The molecule has 0 spiro atoms. The Morgan fingerprint density at radius 1 is 1.23 bits per heavy atom. The molecule has 1 aromatic heterocycles. The highest BCUT2D eigenvalue weighted by atomic mass is 16.6. The van der Waals surface area contributed by atoms with Crippen molar-refractivity contribution >= 4 is 23.5 Å². The molecule has 2 aromatic rings. The smallest absolute Gasteiger partial charge is 0.289 e. The van der Waals surface area contributed by atoms with E-state index in [0.717, 1.165) is 31.6 Å². The number of aromatic nitrogens is 1. The number of hydrazone groups is 1. The van der Waals surface area contributed by atoms with Crippen molar-refractivity contribution in [3.63, 3.8) is 0 Å². The predicted molar refractivity (Wildman–Crippen MR) is 98.5 cm³/mol. The van der Waals surface area contributed by atoms with Crippen molar-refractivity contribution in [3.8, 4) is 0 Å². The maximum Gasteiger partial charge on any atom is 0.289 e. The second kappa shape index (κ2) is 8.19. The van der Waals surface area contributed by atoms with E-state index in [0.29, 0.717) is 5.56 Å². The summed E-state index contributed by atoms with van der Waals surface area (Å²) in [5, 5.41) is 15.0. The van der Waals surface area contributed by atoms with Gasteiger partial charge in [-0.15, -0.1) is 0 Å². The topological polar surface area (TPSA) is 101 Å². The molecular weight excluding hydrogens is 334 g/mol. The van der Waals surface area contributed by atoms with Gasteiger partial charge in [0.2, 0.25) is 0 Å². The highest BCUT2D eigenvalue weighted by molar-refractivity contribution is 5.94. The maximum atomic E-state index is 12.0. The van der Waals surface area contributed by atoms with Gasteiger partial charge in [-0.05, 0) is 37.5 Å². The quantitative estimate of drug-likeness (QED) is 0.506. The molecule has 134 valence electrons. The van der Waals surface area contributed by atoms with Crippen LogP contribution in [0.1, 0.15) is 35.3 Å². The molecule has 8 nitrogen and oxygen atoms in total. The van der Waals surface area contributed by atoms with E-state index in [-0.39, 0.29) is 11.4 Å². The second-order valence-electron chi connectivity index (χ2n) is 5.96. The number of rotatable bonds is 5. The molecule has 3 rings (SSSR count). The minimum absolute atomic E-state index is 0.0109. The normalized spacial score (nSPS) is 14.4. The van der Waals surface area contributed by atoms with Crippen molar-refractivity contribution in [2.45, 2.75) is 19.3 Å². The SMILES string of the molecule is O=C(NN=Cc1cc([N+](=O)[O-])ccc1N1CCCCC1)c1ccccn1. The van der Waals surface area contributed by atoms with Crippen LogP contribution in [0, 0.1) is 10.1 Å².